The summed E-state index contributed by atoms with van der Waals surface area (Å²) in [4.78, 5) is 24.9. The number of nitro groups is 1. The van der Waals surface area contributed by atoms with E-state index in [9.17, 15) is 14.9 Å². The fourth-order valence-corrected chi connectivity index (χ4v) is 2.52. The molecule has 2 rings (SSSR count). The van der Waals surface area contributed by atoms with Crippen molar-refractivity contribution in [1.82, 2.24) is 0 Å². The number of methoxy groups -OCH3 is 1. The van der Waals surface area contributed by atoms with Crippen molar-refractivity contribution in [2.45, 2.75) is 32.5 Å². The van der Waals surface area contributed by atoms with E-state index in [4.69, 9.17) is 18.3 Å². The molecule has 1 fully saturated rings. The minimum Gasteiger partial charge on any atom is -0.456 e. The Labute approximate surface area is 151 Å². The van der Waals surface area contributed by atoms with Crippen molar-refractivity contribution in [2.24, 2.45) is 0 Å². The molecule has 0 radical (unpaired) electrons. The lowest BCUT2D eigenvalue weighted by molar-refractivity contribution is -0.385. The summed E-state index contributed by atoms with van der Waals surface area (Å²) in [6, 6.07) is 4.27. The molecular formula is C17H24N2O6. The minimum atomic E-state index is -2.51. The number of anilines is 1. The molecule has 1 aromatic rings. The van der Waals surface area contributed by atoms with Crippen LogP contribution in [0.15, 0.2) is 18.2 Å². The Morgan fingerprint density at radius 1 is 1.52 bits per heavy atom. The second-order valence-corrected chi connectivity index (χ2v) is 6.71. The Morgan fingerprint density at radius 3 is 2.92 bits per heavy atom. The Bertz CT molecular complexity index is 733. The highest BCUT2D eigenvalue weighted by atomic mass is 16.6. The van der Waals surface area contributed by atoms with Crippen LogP contribution in [0.5, 0.6) is 0 Å². The lowest BCUT2D eigenvalue weighted by Crippen LogP contribution is -2.44. The summed E-state index contributed by atoms with van der Waals surface area (Å²) in [5, 5.41) is 11.5. The third-order valence-electron chi connectivity index (χ3n) is 3.57. The maximum atomic E-state index is 12.3. The van der Waals surface area contributed by atoms with E-state index in [-0.39, 0.29) is 17.9 Å². The van der Waals surface area contributed by atoms with E-state index >= 15 is 0 Å². The monoisotopic (exact) mass is 355 g/mol. The Morgan fingerprint density at radius 2 is 2.28 bits per heavy atom. The average Bonchev–Trinajstić information content (AvgIpc) is 2.57. The number of rotatable bonds is 5. The second-order valence-electron chi connectivity index (χ2n) is 6.71. The molecule has 1 aliphatic rings. The van der Waals surface area contributed by atoms with E-state index in [0.29, 0.717) is 25.4 Å². The van der Waals surface area contributed by atoms with Gasteiger partial charge in [-0.1, -0.05) is 0 Å². The van der Waals surface area contributed by atoms with E-state index in [1.165, 1.54) is 12.1 Å². The predicted octanol–water partition coefficient (Wildman–Crippen LogP) is 2.40. The summed E-state index contributed by atoms with van der Waals surface area (Å²) in [6.45, 7) is 6.01. The number of morpholine rings is 1. The van der Waals surface area contributed by atoms with Gasteiger partial charge in [0, 0.05) is 31.9 Å². The molecule has 0 N–H and O–H groups in total. The lowest BCUT2D eigenvalue weighted by Gasteiger charge is -2.34. The van der Waals surface area contributed by atoms with Crippen LogP contribution >= 0.6 is 0 Å². The SMILES string of the molecule is [2H]C([2H])([2H])OC[C@H]1CN(c2ccc(C(=O)OC(C)(C)C)c([N+](=O)[O-])c2)CCO1. The molecule has 138 valence electrons. The first-order valence-corrected chi connectivity index (χ1v) is 7.88. The molecule has 0 aromatic heterocycles. The van der Waals surface area contributed by atoms with Gasteiger partial charge in [-0.15, -0.1) is 0 Å². The number of carbonyl (C=O) groups excluding carboxylic acids is 1. The van der Waals surface area contributed by atoms with Crippen LogP contribution in [0.4, 0.5) is 11.4 Å². The molecular weight excluding hydrogens is 328 g/mol. The first-order valence-electron chi connectivity index (χ1n) is 9.38. The number of benzene rings is 1. The summed E-state index contributed by atoms with van der Waals surface area (Å²) in [5.41, 5.74) is -0.724. The summed E-state index contributed by atoms with van der Waals surface area (Å²) < 4.78 is 36.8. The van der Waals surface area contributed by atoms with E-state index in [2.05, 4.69) is 0 Å². The van der Waals surface area contributed by atoms with Crippen LogP contribution in [-0.4, -0.2) is 55.9 Å². The van der Waals surface area contributed by atoms with Crippen LogP contribution in [0.3, 0.4) is 0 Å². The van der Waals surface area contributed by atoms with Gasteiger partial charge < -0.3 is 19.1 Å². The third-order valence-corrected chi connectivity index (χ3v) is 3.57. The lowest BCUT2D eigenvalue weighted by atomic mass is 10.1. The molecule has 0 aliphatic carbocycles. The fourth-order valence-electron chi connectivity index (χ4n) is 2.52. The molecule has 0 amide bonds. The summed E-state index contributed by atoms with van der Waals surface area (Å²) in [5.74, 6) is -0.767. The Hall–Kier alpha value is -2.19. The third kappa shape index (κ3) is 5.14. The summed E-state index contributed by atoms with van der Waals surface area (Å²) in [7, 11) is -2.51. The van der Waals surface area contributed by atoms with Crippen molar-refractivity contribution >= 4 is 17.3 Å². The van der Waals surface area contributed by atoms with Gasteiger partial charge >= 0.3 is 5.97 Å². The Kier molecular flexibility index (Phi) is 4.71. The fraction of sp³-hybridized carbons (Fsp3) is 0.588. The van der Waals surface area contributed by atoms with Gasteiger partial charge in [0.15, 0.2) is 0 Å². The van der Waals surface area contributed by atoms with Gasteiger partial charge in [0.25, 0.3) is 5.69 Å². The topological polar surface area (TPSA) is 91.1 Å². The van der Waals surface area contributed by atoms with E-state index in [1.54, 1.807) is 26.8 Å². The highest BCUT2D eigenvalue weighted by molar-refractivity contribution is 5.95. The summed E-state index contributed by atoms with van der Waals surface area (Å²) in [6.07, 6.45) is -0.487. The van der Waals surface area contributed by atoms with Gasteiger partial charge in [-0.3, -0.25) is 10.1 Å². The van der Waals surface area contributed by atoms with Crippen LogP contribution < -0.4 is 4.90 Å². The molecule has 1 aromatic carbocycles. The first kappa shape index (κ1) is 15.1. The largest absolute Gasteiger partial charge is 0.456 e. The quantitative estimate of drug-likeness (QED) is 0.455. The smallest absolute Gasteiger partial charge is 0.345 e. The van der Waals surface area contributed by atoms with Crippen molar-refractivity contribution in [2.75, 3.05) is 38.2 Å². The minimum absolute atomic E-state index is 0.120. The van der Waals surface area contributed by atoms with Gasteiger partial charge in [-0.05, 0) is 32.9 Å². The van der Waals surface area contributed by atoms with Gasteiger partial charge in [-0.25, -0.2) is 4.79 Å². The highest BCUT2D eigenvalue weighted by Crippen LogP contribution is 2.28. The van der Waals surface area contributed by atoms with Crippen LogP contribution in [0, 0.1) is 10.1 Å². The normalized spacial score (nSPS) is 20.4. The number of esters is 1. The number of hydrogen-bond donors (Lipinski definition) is 0. The van der Waals surface area contributed by atoms with Crippen LogP contribution in [0.2, 0.25) is 0 Å². The predicted molar refractivity (Wildman–Crippen MR) is 92.1 cm³/mol. The standard InChI is InChI=1S/C17H24N2O6/c1-17(2,3)25-16(20)14-6-5-12(9-15(14)19(21)22)18-7-8-24-13(10-18)11-23-4/h5-6,9,13H,7-8,10-11H2,1-4H3/t13-/m1/s1/i4D3. The van der Waals surface area contributed by atoms with Crippen molar-refractivity contribution in [1.29, 1.82) is 0 Å². The van der Waals surface area contributed by atoms with Crippen LogP contribution in [0.1, 0.15) is 35.2 Å². The average molecular weight is 355 g/mol. The summed E-state index contributed by atoms with van der Waals surface area (Å²) >= 11 is 0. The Balaban J connectivity index is 2.18. The van der Waals surface area contributed by atoms with Crippen molar-refractivity contribution in [3.8, 4) is 0 Å². The second kappa shape index (κ2) is 7.79. The zero-order chi connectivity index (χ0) is 21.1. The maximum Gasteiger partial charge on any atom is 0.345 e. The molecule has 0 bridgehead atoms. The number of nitrogens with zero attached hydrogens (tertiary/aromatic N) is 2. The molecule has 8 heteroatoms. The van der Waals surface area contributed by atoms with Gasteiger partial charge in [0.1, 0.15) is 11.2 Å². The first-order chi connectivity index (χ1) is 12.9. The van der Waals surface area contributed by atoms with Crippen molar-refractivity contribution in [3.63, 3.8) is 0 Å². The van der Waals surface area contributed by atoms with E-state index < -0.39 is 29.6 Å². The maximum absolute atomic E-state index is 12.3. The van der Waals surface area contributed by atoms with Gasteiger partial charge in [0.05, 0.1) is 28.4 Å². The molecule has 1 saturated heterocycles. The molecule has 8 nitrogen and oxygen atoms in total. The van der Waals surface area contributed by atoms with Crippen molar-refractivity contribution in [3.05, 3.63) is 33.9 Å². The van der Waals surface area contributed by atoms with E-state index in [0.717, 1.165) is 0 Å². The number of nitro benzene ring substituents is 1. The van der Waals surface area contributed by atoms with Gasteiger partial charge in [0.2, 0.25) is 0 Å². The van der Waals surface area contributed by atoms with Crippen LogP contribution in [0.25, 0.3) is 0 Å². The number of hydrogen-bond acceptors (Lipinski definition) is 7. The molecule has 1 heterocycles. The molecule has 25 heavy (non-hydrogen) atoms. The molecule has 0 spiro atoms. The highest BCUT2D eigenvalue weighted by Gasteiger charge is 2.28. The molecule has 1 atom stereocenters. The van der Waals surface area contributed by atoms with E-state index in [1.807, 2.05) is 4.90 Å². The zero-order valence-electron chi connectivity index (χ0n) is 17.5. The molecule has 0 unspecified atom stereocenters. The number of carbonyl (C=O) groups is 1. The van der Waals surface area contributed by atoms with Crippen LogP contribution in [-0.2, 0) is 14.2 Å². The number of ether oxygens (including phenoxy) is 3. The zero-order valence-corrected chi connectivity index (χ0v) is 14.5. The van der Waals surface area contributed by atoms with Crippen molar-refractivity contribution < 1.29 is 28.0 Å². The molecule has 0 saturated carbocycles. The van der Waals surface area contributed by atoms with Gasteiger partial charge in [-0.2, -0.15) is 0 Å². The molecule has 1 aliphatic heterocycles.